The number of nitrogens with one attached hydrogen (secondary N) is 3. The van der Waals surface area contributed by atoms with Gasteiger partial charge in [-0.25, -0.2) is 57.9 Å². The average Bonchev–Trinajstić information content (AvgIpc) is 1.46. The third kappa shape index (κ3) is 19.4. The summed E-state index contributed by atoms with van der Waals surface area (Å²) in [6, 6.07) is 24.3. The topological polar surface area (TPSA) is 578 Å². The number of aliphatic hydroxyl groups excluding tert-OH is 1. The molecular formula is C73H97N17O27P4Si2. The minimum absolute atomic E-state index is 0.00569. The van der Waals surface area contributed by atoms with Crippen molar-refractivity contribution in [2.75, 3.05) is 57.4 Å². The Labute approximate surface area is 703 Å². The Morgan fingerprint density at radius 1 is 0.520 bits per heavy atom. The first-order valence-corrected chi connectivity index (χ1v) is 50.6. The summed E-state index contributed by atoms with van der Waals surface area (Å²) in [5.41, 5.74) is 11.2. The number of phosphoric ester groups is 4. The maximum atomic E-state index is 14.7. The highest BCUT2D eigenvalue weighted by Crippen LogP contribution is 2.62. The number of H-pyrrole nitrogens is 2. The predicted octanol–water partition coefficient (Wildman–Crippen LogP) is 8.40. The lowest BCUT2D eigenvalue weighted by Crippen LogP contribution is -2.54. The maximum absolute atomic E-state index is 14.7. The molecule has 4 aliphatic heterocycles. The Kier molecular flexibility index (Phi) is 25.8. The van der Waals surface area contributed by atoms with E-state index in [1.54, 1.807) is 14.2 Å². The summed E-state index contributed by atoms with van der Waals surface area (Å²) < 4.78 is 152. The zero-order valence-electron chi connectivity index (χ0n) is 69.0. The number of aryl methyl sites for hydroxylation is 1. The predicted molar refractivity (Wildman–Crippen MR) is 443 cm³/mol. The molecule has 0 aliphatic carbocycles. The van der Waals surface area contributed by atoms with Gasteiger partial charge in [0.1, 0.15) is 108 Å². The number of aromatic nitrogens is 14. The standard InChI is InChI=1S/C73H97N17O27P4Si2/c1-40-30-87(70(94)85-66(40)92)54-28-47(113-118(95,96)105-31-49-46(91)27-53(109-49)88-37-80-56-61(74)76-35-78-63(56)88)50(110-54)32-106-119(97,98)114-48-29-55(89-38-81-57-62(75)77-36-79-64(57)89)111-51(48)33-107-120(99,100)117-121(101,102)108-34-52-59(115-122(10,11)71(2,3)4)60(116-123(12,13)72(5,6)7)68(112-52)90-39-82-58-65(90)83-69(84-67(58)93)86-73(41-17-15-14-16-18-41,42-19-23-44(103-8)24-20-42)43-21-25-45(104-9)26-22-43/h14-26,30,35-39,46-55,59-60,68,91H,27-29,31-34H2,1-13H3,(H,95,96)(H,97,98)(H,99,100)(H,101,102)(H2,74,76,78)(H2,75,77,79)(H,85,92,94)(H2,83,84,86,93)/t46-,47-,48-,49+,50+,51+,52+,53+,54+,55+,59+,60+,68+/m0/s1. The Bertz CT molecular complexity index is 5850. The van der Waals surface area contributed by atoms with Crippen LogP contribution in [-0.2, 0) is 83.1 Å². The number of aromatic amines is 2. The second-order valence-corrected chi connectivity index (χ2v) is 48.3. The summed E-state index contributed by atoms with van der Waals surface area (Å²) in [5, 5.41) is 13.7. The van der Waals surface area contributed by atoms with E-state index >= 15 is 0 Å². The van der Waals surface area contributed by atoms with E-state index in [0.717, 1.165) is 22.7 Å². The molecule has 4 unspecified atom stereocenters. The van der Waals surface area contributed by atoms with E-state index in [-0.39, 0.29) is 63.1 Å². The smallest absolute Gasteiger partial charge is 0.481 e. The first-order valence-electron chi connectivity index (χ1n) is 38.8. The van der Waals surface area contributed by atoms with Gasteiger partial charge in [0.05, 0.1) is 65.7 Å². The van der Waals surface area contributed by atoms with Gasteiger partial charge in [0.15, 0.2) is 57.0 Å². The van der Waals surface area contributed by atoms with Gasteiger partial charge in [-0.2, -0.15) is 9.29 Å². The largest absolute Gasteiger partial charge is 0.497 e. The number of hydrogen-bond donors (Lipinski definition) is 10. The number of anilines is 3. The molecule has 4 aliphatic rings. The minimum atomic E-state index is -5.87. The molecule has 4 fully saturated rings. The van der Waals surface area contributed by atoms with Crippen molar-refractivity contribution in [1.29, 1.82) is 0 Å². The van der Waals surface area contributed by atoms with E-state index < -0.39 is 199 Å². The number of benzene rings is 3. The second-order valence-electron chi connectivity index (χ2n) is 32.9. The monoisotopic (exact) mass is 1820 g/mol. The SMILES string of the molecule is COc1ccc(C(Nc2nc3c(ncn3[C@@H]3O[C@H](COP(=O)(O)OP(=O)(O)OC[C@H]4O[C@@H](n5cnc6c(N)ncnc65)C[C@@H]4OP(=O)(O)OC[C@H]4O[C@@H](n5cc(C)c(=O)[nH]c5=O)C[C@@H]4OP(=O)(O)OC[C@H]4O[C@@H](n5cnc6c(N)ncnc65)C[C@@H]4O)[C@@H](O[Si](C)(C)C(C)(C)C)[C@H]3O[Si](C)(C)C(C)(C)C)c(=O)[nH]2)(c2ccccc2)c2ccc(OC)cc2)cc1. The molecule has 0 saturated carbocycles. The molecule has 12 N–H and O–H groups in total. The molecule has 0 spiro atoms. The third-order valence-electron chi connectivity index (χ3n) is 22.8. The van der Waals surface area contributed by atoms with E-state index in [1.165, 1.54) is 45.9 Å². The van der Waals surface area contributed by atoms with Crippen molar-refractivity contribution in [3.63, 3.8) is 0 Å². The zero-order chi connectivity index (χ0) is 88.5. The van der Waals surface area contributed by atoms with E-state index in [4.69, 9.17) is 85.2 Å². The van der Waals surface area contributed by atoms with Crippen molar-refractivity contribution in [1.82, 2.24) is 68.1 Å². The summed E-state index contributed by atoms with van der Waals surface area (Å²) in [7, 11) is -25.3. The number of ether oxygens (including phenoxy) is 6. The molecule has 11 heterocycles. The molecule has 14 rings (SSSR count). The first kappa shape index (κ1) is 90.7. The van der Waals surface area contributed by atoms with Crippen LogP contribution < -0.4 is 43.1 Å². The van der Waals surface area contributed by atoms with Gasteiger partial charge in [0.2, 0.25) is 5.95 Å². The minimum Gasteiger partial charge on any atom is -0.497 e. The van der Waals surface area contributed by atoms with Crippen LogP contribution >= 0.6 is 31.3 Å². The first-order chi connectivity index (χ1) is 57.8. The molecule has 50 heteroatoms. The van der Waals surface area contributed by atoms with Crippen molar-refractivity contribution < 1.29 is 112 Å². The molecule has 3 aromatic carbocycles. The van der Waals surface area contributed by atoms with Crippen LogP contribution in [0.3, 0.4) is 0 Å². The highest BCUT2D eigenvalue weighted by Gasteiger charge is 2.57. The normalized spacial score (nSPS) is 25.0. The van der Waals surface area contributed by atoms with Crippen LogP contribution in [0.5, 0.6) is 11.5 Å². The number of fused-ring (bicyclic) bond motifs is 3. The van der Waals surface area contributed by atoms with Gasteiger partial charge in [-0.3, -0.25) is 65.0 Å². The maximum Gasteiger partial charge on any atom is 0.481 e. The summed E-state index contributed by atoms with van der Waals surface area (Å²) in [4.78, 5) is 126. The van der Waals surface area contributed by atoms with Gasteiger partial charge in [-0.05, 0) is 84.1 Å². The highest BCUT2D eigenvalue weighted by molar-refractivity contribution is 7.61. The van der Waals surface area contributed by atoms with Crippen molar-refractivity contribution >= 4 is 99.0 Å². The zero-order valence-corrected chi connectivity index (χ0v) is 74.5. The molecule has 123 heavy (non-hydrogen) atoms. The van der Waals surface area contributed by atoms with Gasteiger partial charge in [0.25, 0.3) is 11.1 Å². The Morgan fingerprint density at radius 2 is 0.959 bits per heavy atom. The van der Waals surface area contributed by atoms with Crippen LogP contribution in [-0.4, -0.2) is 205 Å². The fourth-order valence-corrected chi connectivity index (χ4v) is 20.9. The number of aliphatic hydroxyl groups is 1. The number of methoxy groups -OCH3 is 2. The molecule has 0 radical (unpaired) electrons. The number of rotatable bonds is 33. The lowest BCUT2D eigenvalue weighted by Gasteiger charge is -2.44. The van der Waals surface area contributed by atoms with Gasteiger partial charge in [-0.15, -0.1) is 0 Å². The Balaban J connectivity index is 0.707. The van der Waals surface area contributed by atoms with Crippen molar-refractivity contribution in [2.45, 2.75) is 189 Å². The number of phosphoric acid groups is 4. The van der Waals surface area contributed by atoms with E-state index in [1.807, 2.05) is 147 Å². The lowest BCUT2D eigenvalue weighted by molar-refractivity contribution is -0.0608. The number of hydrogen-bond acceptors (Lipinski definition) is 34. The van der Waals surface area contributed by atoms with E-state index in [0.29, 0.717) is 22.6 Å². The number of nitrogens with zero attached hydrogens (tertiary/aromatic N) is 12. The van der Waals surface area contributed by atoms with Crippen molar-refractivity contribution in [3.05, 3.63) is 170 Å². The Morgan fingerprint density at radius 3 is 1.46 bits per heavy atom. The van der Waals surface area contributed by atoms with Gasteiger partial charge < -0.3 is 78.7 Å². The average molecular weight is 1820 g/mol. The molecule has 664 valence electrons. The van der Waals surface area contributed by atoms with Crippen LogP contribution in [0, 0.1) is 6.92 Å². The Hall–Kier alpha value is -8.58. The van der Waals surface area contributed by atoms with Crippen LogP contribution in [0.15, 0.2) is 131 Å². The van der Waals surface area contributed by atoms with Crippen LogP contribution in [0.2, 0.25) is 36.3 Å². The third-order valence-corrected chi connectivity index (χ3v) is 36.4. The fourth-order valence-electron chi connectivity index (χ4n) is 14.3. The summed E-state index contributed by atoms with van der Waals surface area (Å²) in [5.74, 6) is 1.19. The van der Waals surface area contributed by atoms with Gasteiger partial charge >= 0.3 is 37.0 Å². The number of imidazole rings is 3. The quantitative estimate of drug-likeness (QED) is 0.0105. The number of nitrogen functional groups attached to an aromatic ring is 2. The number of nitrogens with two attached hydrogens (primary N) is 2. The fraction of sp³-hybridized carbons (Fsp3) is 0.493. The van der Waals surface area contributed by atoms with E-state index in [2.05, 4.69) is 50.2 Å². The summed E-state index contributed by atoms with van der Waals surface area (Å²) >= 11 is 0. The van der Waals surface area contributed by atoms with Gasteiger partial charge in [0, 0.05) is 31.0 Å². The molecule has 10 aromatic rings. The van der Waals surface area contributed by atoms with Crippen molar-refractivity contribution in [2.24, 2.45) is 0 Å². The van der Waals surface area contributed by atoms with Crippen LogP contribution in [0.1, 0.15) is 108 Å². The van der Waals surface area contributed by atoms with Crippen molar-refractivity contribution in [3.8, 4) is 11.5 Å². The summed E-state index contributed by atoms with van der Waals surface area (Å²) in [6.45, 7) is 17.6. The van der Waals surface area contributed by atoms with E-state index in [9.17, 15) is 57.3 Å². The lowest BCUT2D eigenvalue weighted by atomic mass is 9.77. The molecule has 0 bridgehead atoms. The molecule has 0 amide bonds. The molecule has 44 nitrogen and oxygen atoms in total. The van der Waals surface area contributed by atoms with Crippen LogP contribution in [0.25, 0.3) is 33.5 Å². The molecule has 17 atom stereocenters. The molecular weight excluding hydrogens is 1730 g/mol. The summed E-state index contributed by atoms with van der Waals surface area (Å²) in [6.07, 6.45) is -11.3. The van der Waals surface area contributed by atoms with Gasteiger partial charge in [-0.1, -0.05) is 96.1 Å². The second kappa shape index (κ2) is 35.0. The van der Waals surface area contributed by atoms with Crippen LogP contribution in [0.4, 0.5) is 17.6 Å². The molecule has 4 saturated heterocycles. The highest BCUT2D eigenvalue weighted by atomic mass is 31.3. The molecule has 7 aromatic heterocycles.